The first kappa shape index (κ1) is 10.8. The SMILES string of the molecule is CC(F)(F)C(F)(F)Oc1c[c]ccc1. The molecule has 1 rings (SSSR count). The third-order valence-electron chi connectivity index (χ3n) is 1.44. The largest absolute Gasteiger partial charge is 0.463 e. The summed E-state index contributed by atoms with van der Waals surface area (Å²) >= 11 is 0. The summed E-state index contributed by atoms with van der Waals surface area (Å²) in [7, 11) is 0. The van der Waals surface area contributed by atoms with Crippen LogP contribution in [0, 0.1) is 6.07 Å². The van der Waals surface area contributed by atoms with Crippen LogP contribution in [0.1, 0.15) is 6.92 Å². The minimum atomic E-state index is -4.51. The van der Waals surface area contributed by atoms with Gasteiger partial charge in [0, 0.05) is 6.92 Å². The summed E-state index contributed by atoms with van der Waals surface area (Å²) in [6.45, 7) is 0.0969. The standard InChI is InChI=1S/C9H7F4O/c1-8(10,11)9(12,13)14-7-5-3-2-4-6-7/h2-3,5-6H,1H3. The highest BCUT2D eigenvalue weighted by Gasteiger charge is 2.55. The number of hydrogen-bond acceptors (Lipinski definition) is 1. The van der Waals surface area contributed by atoms with Crippen molar-refractivity contribution in [1.82, 2.24) is 0 Å². The van der Waals surface area contributed by atoms with E-state index in [1.165, 1.54) is 12.1 Å². The summed E-state index contributed by atoms with van der Waals surface area (Å²) in [5.74, 6) is -4.57. The van der Waals surface area contributed by atoms with E-state index in [4.69, 9.17) is 0 Å². The van der Waals surface area contributed by atoms with Crippen molar-refractivity contribution < 1.29 is 22.3 Å². The molecule has 0 N–H and O–H groups in total. The minimum Gasteiger partial charge on any atom is -0.428 e. The van der Waals surface area contributed by atoms with Crippen molar-refractivity contribution in [2.75, 3.05) is 0 Å². The minimum absolute atomic E-state index is 0.0969. The molecule has 1 radical (unpaired) electrons. The fraction of sp³-hybridized carbons (Fsp3) is 0.333. The Morgan fingerprint density at radius 3 is 2.36 bits per heavy atom. The molecule has 0 saturated heterocycles. The topological polar surface area (TPSA) is 9.23 Å². The van der Waals surface area contributed by atoms with E-state index in [0.717, 1.165) is 12.1 Å². The molecule has 0 aliphatic rings. The molecule has 0 atom stereocenters. The molecule has 0 aromatic heterocycles. The highest BCUT2D eigenvalue weighted by molar-refractivity contribution is 5.20. The van der Waals surface area contributed by atoms with Crippen LogP contribution in [0.4, 0.5) is 17.6 Å². The van der Waals surface area contributed by atoms with Crippen molar-refractivity contribution in [2.24, 2.45) is 0 Å². The molecular formula is C9H7F4O. The zero-order valence-electron chi connectivity index (χ0n) is 7.23. The maximum atomic E-state index is 12.6. The number of ether oxygens (including phenoxy) is 1. The lowest BCUT2D eigenvalue weighted by atomic mass is 10.3. The molecule has 0 fully saturated rings. The number of benzene rings is 1. The van der Waals surface area contributed by atoms with Gasteiger partial charge in [-0.25, -0.2) is 0 Å². The quantitative estimate of drug-likeness (QED) is 0.692. The molecule has 1 aromatic rings. The number of halogens is 4. The molecule has 0 amide bonds. The van der Waals surface area contributed by atoms with Crippen LogP contribution in [0.5, 0.6) is 5.75 Å². The van der Waals surface area contributed by atoms with E-state index in [2.05, 4.69) is 10.8 Å². The number of rotatable bonds is 3. The van der Waals surface area contributed by atoms with Gasteiger partial charge in [0.25, 0.3) is 0 Å². The monoisotopic (exact) mass is 207 g/mol. The number of hydrogen-bond donors (Lipinski definition) is 0. The van der Waals surface area contributed by atoms with E-state index in [9.17, 15) is 17.6 Å². The second-order valence-corrected chi connectivity index (χ2v) is 2.75. The van der Waals surface area contributed by atoms with E-state index in [-0.39, 0.29) is 12.7 Å². The van der Waals surface area contributed by atoms with Crippen LogP contribution in [-0.2, 0) is 0 Å². The van der Waals surface area contributed by atoms with Gasteiger partial charge in [0.2, 0.25) is 0 Å². The van der Waals surface area contributed by atoms with Crippen molar-refractivity contribution >= 4 is 0 Å². The number of alkyl halides is 4. The third kappa shape index (κ3) is 2.37. The summed E-state index contributed by atoms with van der Waals surface area (Å²) in [4.78, 5) is 0. The van der Waals surface area contributed by atoms with Gasteiger partial charge < -0.3 is 4.74 Å². The lowest BCUT2D eigenvalue weighted by Gasteiger charge is -2.23. The van der Waals surface area contributed by atoms with Gasteiger partial charge in [0.1, 0.15) is 5.75 Å². The van der Waals surface area contributed by atoms with Crippen molar-refractivity contribution in [3.63, 3.8) is 0 Å². The van der Waals surface area contributed by atoms with Crippen molar-refractivity contribution in [3.8, 4) is 5.75 Å². The molecular weight excluding hydrogens is 200 g/mol. The first-order valence-corrected chi connectivity index (χ1v) is 3.74. The van der Waals surface area contributed by atoms with E-state index < -0.39 is 12.0 Å². The zero-order chi connectivity index (χ0) is 10.8. The molecule has 0 aliphatic heterocycles. The van der Waals surface area contributed by atoms with Gasteiger partial charge in [-0.15, -0.1) is 0 Å². The molecule has 0 heterocycles. The molecule has 1 nitrogen and oxygen atoms in total. The van der Waals surface area contributed by atoms with Crippen LogP contribution >= 0.6 is 0 Å². The summed E-state index contributed by atoms with van der Waals surface area (Å²) < 4.78 is 53.7. The molecule has 0 spiro atoms. The van der Waals surface area contributed by atoms with Crippen molar-refractivity contribution in [1.29, 1.82) is 0 Å². The Balaban J connectivity index is 2.79. The van der Waals surface area contributed by atoms with Gasteiger partial charge in [-0.1, -0.05) is 12.1 Å². The van der Waals surface area contributed by atoms with Crippen molar-refractivity contribution in [3.05, 3.63) is 30.3 Å². The summed E-state index contributed by atoms with van der Waals surface area (Å²) in [5.41, 5.74) is 0. The van der Waals surface area contributed by atoms with Gasteiger partial charge >= 0.3 is 12.0 Å². The first-order valence-electron chi connectivity index (χ1n) is 3.74. The van der Waals surface area contributed by atoms with Crippen LogP contribution in [-0.4, -0.2) is 12.0 Å². The average molecular weight is 207 g/mol. The van der Waals surface area contributed by atoms with E-state index in [1.54, 1.807) is 0 Å². The Hall–Kier alpha value is -1.26. The molecule has 0 aliphatic carbocycles. The molecule has 5 heteroatoms. The zero-order valence-corrected chi connectivity index (χ0v) is 7.23. The van der Waals surface area contributed by atoms with E-state index >= 15 is 0 Å². The predicted molar refractivity (Wildman–Crippen MR) is 41.5 cm³/mol. The van der Waals surface area contributed by atoms with E-state index in [1.807, 2.05) is 0 Å². The van der Waals surface area contributed by atoms with Crippen LogP contribution < -0.4 is 4.74 Å². The molecule has 0 unspecified atom stereocenters. The second-order valence-electron chi connectivity index (χ2n) is 2.75. The maximum absolute atomic E-state index is 12.6. The van der Waals surface area contributed by atoms with Gasteiger partial charge in [-0.3, -0.25) is 0 Å². The van der Waals surface area contributed by atoms with Crippen molar-refractivity contribution in [2.45, 2.75) is 19.0 Å². The second kappa shape index (κ2) is 3.48. The lowest BCUT2D eigenvalue weighted by Crippen LogP contribution is -2.42. The molecule has 1 aromatic carbocycles. The Kier molecular flexibility index (Phi) is 2.69. The predicted octanol–water partition coefficient (Wildman–Crippen LogP) is 3.11. The smallest absolute Gasteiger partial charge is 0.428 e. The fourth-order valence-electron chi connectivity index (χ4n) is 0.678. The van der Waals surface area contributed by atoms with Gasteiger partial charge in [-0.2, -0.15) is 17.6 Å². The average Bonchev–Trinajstić information content (AvgIpc) is 2.03. The Labute approximate surface area is 78.3 Å². The van der Waals surface area contributed by atoms with E-state index in [0.29, 0.717) is 0 Å². The highest BCUT2D eigenvalue weighted by Crippen LogP contribution is 2.35. The van der Waals surface area contributed by atoms with Crippen LogP contribution in [0.15, 0.2) is 24.3 Å². The van der Waals surface area contributed by atoms with Gasteiger partial charge in [-0.05, 0) is 18.2 Å². The fourth-order valence-corrected chi connectivity index (χ4v) is 0.678. The summed E-state index contributed by atoms with van der Waals surface area (Å²) in [6.07, 6.45) is -4.51. The Bertz CT molecular complexity index is 291. The Morgan fingerprint density at radius 1 is 1.29 bits per heavy atom. The maximum Gasteiger partial charge on any atom is 0.463 e. The Morgan fingerprint density at radius 2 is 1.93 bits per heavy atom. The highest BCUT2D eigenvalue weighted by atomic mass is 19.3. The lowest BCUT2D eigenvalue weighted by molar-refractivity contribution is -0.301. The summed E-state index contributed by atoms with van der Waals surface area (Å²) in [6, 6.07) is 7.44. The molecule has 14 heavy (non-hydrogen) atoms. The normalized spacial score (nSPS) is 12.6. The summed E-state index contributed by atoms with van der Waals surface area (Å²) in [5, 5.41) is 0. The van der Waals surface area contributed by atoms with Gasteiger partial charge in [0.15, 0.2) is 0 Å². The third-order valence-corrected chi connectivity index (χ3v) is 1.44. The van der Waals surface area contributed by atoms with Crippen LogP contribution in [0.2, 0.25) is 0 Å². The first-order chi connectivity index (χ1) is 6.33. The van der Waals surface area contributed by atoms with Crippen LogP contribution in [0.25, 0.3) is 0 Å². The molecule has 0 saturated carbocycles. The van der Waals surface area contributed by atoms with Gasteiger partial charge in [0.05, 0.1) is 0 Å². The molecule has 77 valence electrons. The molecule has 0 bridgehead atoms. The van der Waals surface area contributed by atoms with Crippen LogP contribution in [0.3, 0.4) is 0 Å².